The Bertz CT molecular complexity index is 2870. The highest BCUT2D eigenvalue weighted by atomic mass is 32.1. The number of nitrogens with zero attached hydrogens (tertiary/aromatic N) is 3. The van der Waals surface area contributed by atoms with Crippen LogP contribution in [0.1, 0.15) is 0 Å². The molecule has 7 aromatic carbocycles. The summed E-state index contributed by atoms with van der Waals surface area (Å²) >= 11 is 1.78. The Hall–Kier alpha value is -6.43. The van der Waals surface area contributed by atoms with E-state index in [9.17, 15) is 0 Å². The highest BCUT2D eigenvalue weighted by molar-refractivity contribution is 7.26. The van der Waals surface area contributed by atoms with Gasteiger partial charge in [-0.05, 0) is 58.7 Å². The Morgan fingerprint density at radius 2 is 1.00 bits per heavy atom. The first-order valence-electron chi connectivity index (χ1n) is 16.6. The zero-order valence-electron chi connectivity index (χ0n) is 26.7. The maximum atomic E-state index is 6.29. The SMILES string of the molecule is c1ccc(-c2nc(-c3ccc(-c4ccc5c(c4)oc4ccccc45)c(-c4ccccc4)c3)nc(-c3cccc4c3sc3ccccc34)n2)cc1. The van der Waals surface area contributed by atoms with Crippen LogP contribution >= 0.6 is 11.3 Å². The second-order valence-corrected chi connectivity index (χ2v) is 13.4. The first-order valence-corrected chi connectivity index (χ1v) is 17.4. The van der Waals surface area contributed by atoms with Crippen LogP contribution in [0.4, 0.5) is 0 Å². The first-order chi connectivity index (χ1) is 24.8. The van der Waals surface area contributed by atoms with E-state index < -0.39 is 0 Å². The number of fused-ring (bicyclic) bond motifs is 6. The zero-order chi connectivity index (χ0) is 33.0. The Morgan fingerprint density at radius 3 is 1.84 bits per heavy atom. The van der Waals surface area contributed by atoms with Crippen LogP contribution in [0.5, 0.6) is 0 Å². The molecule has 0 bridgehead atoms. The third-order valence-electron chi connectivity index (χ3n) is 9.36. The van der Waals surface area contributed by atoms with E-state index in [1.165, 1.54) is 20.2 Å². The normalized spacial score (nSPS) is 11.6. The number of hydrogen-bond donors (Lipinski definition) is 0. The molecule has 0 aliphatic heterocycles. The standard InChI is InChI=1S/C45H27N3OS/c1-3-12-28(13-4-1)38-26-31(23-24-32(38)30-22-25-34-33-16-7-9-20-39(33)49-40(34)27-30)44-46-43(29-14-5-2-6-15-29)47-45(48-44)37-19-11-18-36-35-17-8-10-21-41(35)50-42(36)37/h1-27H. The molecule has 10 aromatic rings. The molecule has 50 heavy (non-hydrogen) atoms. The van der Waals surface area contributed by atoms with Crippen LogP contribution in [0.3, 0.4) is 0 Å². The van der Waals surface area contributed by atoms with E-state index in [4.69, 9.17) is 19.4 Å². The van der Waals surface area contributed by atoms with Gasteiger partial charge < -0.3 is 4.42 Å². The molecule has 0 atom stereocenters. The number of benzene rings is 7. The van der Waals surface area contributed by atoms with Crippen LogP contribution in [0.25, 0.3) is 98.5 Å². The molecule has 0 saturated carbocycles. The van der Waals surface area contributed by atoms with Gasteiger partial charge in [-0.1, -0.05) is 127 Å². The Kier molecular flexibility index (Phi) is 6.64. The molecule has 3 heterocycles. The maximum Gasteiger partial charge on any atom is 0.165 e. The lowest BCUT2D eigenvalue weighted by Gasteiger charge is -2.14. The van der Waals surface area contributed by atoms with E-state index in [1.54, 1.807) is 11.3 Å². The summed E-state index contributed by atoms with van der Waals surface area (Å²) in [5.41, 5.74) is 9.02. The van der Waals surface area contributed by atoms with Crippen LogP contribution in [0, 0.1) is 0 Å². The fraction of sp³-hybridized carbons (Fsp3) is 0. The third kappa shape index (κ3) is 4.79. The molecule has 0 unspecified atom stereocenters. The van der Waals surface area contributed by atoms with Crippen molar-refractivity contribution < 1.29 is 4.42 Å². The fourth-order valence-electron chi connectivity index (χ4n) is 6.95. The van der Waals surface area contributed by atoms with Gasteiger partial charge in [-0.15, -0.1) is 11.3 Å². The summed E-state index contributed by atoms with van der Waals surface area (Å²) in [6.07, 6.45) is 0. The molecule has 0 amide bonds. The van der Waals surface area contributed by atoms with Crippen molar-refractivity contribution in [3.8, 4) is 56.4 Å². The van der Waals surface area contributed by atoms with E-state index in [0.717, 1.165) is 60.9 Å². The van der Waals surface area contributed by atoms with Crippen molar-refractivity contribution in [2.45, 2.75) is 0 Å². The summed E-state index contributed by atoms with van der Waals surface area (Å²) in [4.78, 5) is 15.4. The molecule has 0 spiro atoms. The van der Waals surface area contributed by atoms with Gasteiger partial charge in [0, 0.05) is 47.6 Å². The number of aromatic nitrogens is 3. The van der Waals surface area contributed by atoms with Gasteiger partial charge >= 0.3 is 0 Å². The van der Waals surface area contributed by atoms with E-state index >= 15 is 0 Å². The van der Waals surface area contributed by atoms with Crippen molar-refractivity contribution in [2.24, 2.45) is 0 Å². The first kappa shape index (κ1) is 28.6. The van der Waals surface area contributed by atoms with Gasteiger partial charge in [0.1, 0.15) is 11.2 Å². The predicted molar refractivity (Wildman–Crippen MR) is 207 cm³/mol. The van der Waals surface area contributed by atoms with Crippen molar-refractivity contribution in [1.82, 2.24) is 15.0 Å². The van der Waals surface area contributed by atoms with Crippen LogP contribution in [0.15, 0.2) is 168 Å². The molecule has 0 aliphatic carbocycles. The monoisotopic (exact) mass is 657 g/mol. The highest BCUT2D eigenvalue weighted by Crippen LogP contribution is 2.41. The van der Waals surface area contributed by atoms with E-state index in [0.29, 0.717) is 17.5 Å². The third-order valence-corrected chi connectivity index (χ3v) is 10.6. The molecule has 0 N–H and O–H groups in total. The molecule has 10 rings (SSSR count). The summed E-state index contributed by atoms with van der Waals surface area (Å²) in [7, 11) is 0. The molecular formula is C45H27N3OS. The van der Waals surface area contributed by atoms with E-state index in [2.05, 4.69) is 127 Å². The number of thiophene rings is 1. The Labute approximate surface area is 292 Å². The summed E-state index contributed by atoms with van der Waals surface area (Å²) in [5, 5.41) is 4.69. The highest BCUT2D eigenvalue weighted by Gasteiger charge is 2.18. The smallest absolute Gasteiger partial charge is 0.165 e. The topological polar surface area (TPSA) is 51.8 Å². The molecule has 0 fully saturated rings. The van der Waals surface area contributed by atoms with Crippen molar-refractivity contribution in [2.75, 3.05) is 0 Å². The van der Waals surface area contributed by atoms with Gasteiger partial charge in [0.05, 0.1) is 0 Å². The quantitative estimate of drug-likeness (QED) is 0.185. The van der Waals surface area contributed by atoms with Crippen LogP contribution in [-0.2, 0) is 0 Å². The van der Waals surface area contributed by atoms with Crippen LogP contribution in [0.2, 0.25) is 0 Å². The lowest BCUT2D eigenvalue weighted by Crippen LogP contribution is -2.00. The van der Waals surface area contributed by atoms with E-state index in [-0.39, 0.29) is 0 Å². The Morgan fingerprint density at radius 1 is 0.360 bits per heavy atom. The van der Waals surface area contributed by atoms with Gasteiger partial charge in [-0.3, -0.25) is 0 Å². The summed E-state index contributed by atoms with van der Waals surface area (Å²) in [6.45, 7) is 0. The lowest BCUT2D eigenvalue weighted by molar-refractivity contribution is 0.669. The second kappa shape index (κ2) is 11.6. The van der Waals surface area contributed by atoms with Gasteiger partial charge in [0.2, 0.25) is 0 Å². The summed E-state index contributed by atoms with van der Waals surface area (Å²) in [6, 6.07) is 56.8. The summed E-state index contributed by atoms with van der Waals surface area (Å²) < 4.78 is 8.71. The predicted octanol–water partition coefficient (Wildman–Crippen LogP) is 12.5. The molecule has 5 heteroatoms. The number of hydrogen-bond acceptors (Lipinski definition) is 5. The van der Waals surface area contributed by atoms with Crippen molar-refractivity contribution in [3.63, 3.8) is 0 Å². The number of furan rings is 1. The molecular weight excluding hydrogens is 631 g/mol. The Balaban J connectivity index is 1.17. The fourth-order valence-corrected chi connectivity index (χ4v) is 8.16. The maximum absolute atomic E-state index is 6.29. The van der Waals surface area contributed by atoms with Gasteiger partial charge in [-0.25, -0.2) is 15.0 Å². The van der Waals surface area contributed by atoms with Crippen LogP contribution in [-0.4, -0.2) is 15.0 Å². The molecule has 0 aliphatic rings. The van der Waals surface area contributed by atoms with Gasteiger partial charge in [-0.2, -0.15) is 0 Å². The summed E-state index contributed by atoms with van der Waals surface area (Å²) in [5.74, 6) is 1.93. The molecule has 3 aromatic heterocycles. The van der Waals surface area contributed by atoms with Crippen LogP contribution < -0.4 is 0 Å². The second-order valence-electron chi connectivity index (χ2n) is 12.4. The van der Waals surface area contributed by atoms with Gasteiger partial charge in [0.15, 0.2) is 17.5 Å². The minimum Gasteiger partial charge on any atom is -0.456 e. The average Bonchev–Trinajstić information content (AvgIpc) is 3.76. The lowest BCUT2D eigenvalue weighted by atomic mass is 9.92. The average molecular weight is 658 g/mol. The minimum absolute atomic E-state index is 0.628. The van der Waals surface area contributed by atoms with Crippen molar-refractivity contribution in [3.05, 3.63) is 164 Å². The number of rotatable bonds is 5. The number of para-hydroxylation sites is 1. The van der Waals surface area contributed by atoms with Crippen molar-refractivity contribution >= 4 is 53.4 Å². The zero-order valence-corrected chi connectivity index (χ0v) is 27.6. The molecule has 4 nitrogen and oxygen atoms in total. The molecule has 0 radical (unpaired) electrons. The minimum atomic E-state index is 0.628. The molecule has 0 saturated heterocycles. The molecule has 234 valence electrons. The van der Waals surface area contributed by atoms with E-state index in [1.807, 2.05) is 36.4 Å². The van der Waals surface area contributed by atoms with Gasteiger partial charge in [0.25, 0.3) is 0 Å². The van der Waals surface area contributed by atoms with Crippen molar-refractivity contribution in [1.29, 1.82) is 0 Å². The largest absolute Gasteiger partial charge is 0.456 e.